The monoisotopic (exact) mass is 210 g/mol. The van der Waals surface area contributed by atoms with Gasteiger partial charge >= 0.3 is 0 Å². The summed E-state index contributed by atoms with van der Waals surface area (Å²) in [5.41, 5.74) is 8.36. The smallest absolute Gasteiger partial charge is 0.0426 e. The molecule has 1 unspecified atom stereocenters. The fourth-order valence-corrected chi connectivity index (χ4v) is 2.18. The van der Waals surface area contributed by atoms with Gasteiger partial charge in [-0.15, -0.1) is 0 Å². The third-order valence-electron chi connectivity index (χ3n) is 3.07. The van der Waals surface area contributed by atoms with Crippen LogP contribution in [0.4, 0.5) is 5.69 Å². The first kappa shape index (κ1) is 9.81. The van der Waals surface area contributed by atoms with Crippen LogP contribution in [0.1, 0.15) is 18.9 Å². The zero-order valence-corrected chi connectivity index (χ0v) is 9.06. The number of benzene rings is 1. The van der Waals surface area contributed by atoms with Gasteiger partial charge in [-0.1, -0.05) is 24.6 Å². The van der Waals surface area contributed by atoms with E-state index in [1.54, 1.807) is 0 Å². The molecule has 0 aromatic heterocycles. The SMILES string of the molecule is CC1(CN)CCNc2cc(Cl)ccc21. The van der Waals surface area contributed by atoms with Gasteiger partial charge in [-0.25, -0.2) is 0 Å². The molecular weight excluding hydrogens is 196 g/mol. The van der Waals surface area contributed by atoms with E-state index in [2.05, 4.69) is 18.3 Å². The van der Waals surface area contributed by atoms with Gasteiger partial charge in [0.05, 0.1) is 0 Å². The van der Waals surface area contributed by atoms with Crippen molar-refractivity contribution in [3.05, 3.63) is 28.8 Å². The molecule has 14 heavy (non-hydrogen) atoms. The summed E-state index contributed by atoms with van der Waals surface area (Å²) in [6.45, 7) is 3.87. The number of hydrogen-bond donors (Lipinski definition) is 2. The van der Waals surface area contributed by atoms with E-state index in [0.29, 0.717) is 6.54 Å². The minimum Gasteiger partial charge on any atom is -0.385 e. The average molecular weight is 211 g/mol. The predicted octanol–water partition coefficient (Wildman–Crippen LogP) is 2.37. The minimum atomic E-state index is 0.102. The Hall–Kier alpha value is -0.730. The lowest BCUT2D eigenvalue weighted by atomic mass is 9.76. The maximum atomic E-state index is 5.94. The molecule has 0 fully saturated rings. The fourth-order valence-electron chi connectivity index (χ4n) is 2.01. The first-order chi connectivity index (χ1) is 6.65. The van der Waals surface area contributed by atoms with Gasteiger partial charge in [-0.3, -0.25) is 0 Å². The molecule has 0 saturated heterocycles. The minimum absolute atomic E-state index is 0.102. The van der Waals surface area contributed by atoms with Gasteiger partial charge in [0.2, 0.25) is 0 Å². The number of nitrogens with two attached hydrogens (primary N) is 1. The van der Waals surface area contributed by atoms with Crippen molar-refractivity contribution in [2.45, 2.75) is 18.8 Å². The van der Waals surface area contributed by atoms with Crippen LogP contribution >= 0.6 is 11.6 Å². The van der Waals surface area contributed by atoms with E-state index in [0.717, 1.165) is 23.7 Å². The Morgan fingerprint density at radius 1 is 1.57 bits per heavy atom. The third-order valence-corrected chi connectivity index (χ3v) is 3.31. The summed E-state index contributed by atoms with van der Waals surface area (Å²) in [6.07, 6.45) is 1.08. The lowest BCUT2D eigenvalue weighted by molar-refractivity contribution is 0.447. The molecule has 0 aliphatic carbocycles. The van der Waals surface area contributed by atoms with E-state index in [1.165, 1.54) is 5.56 Å². The Balaban J connectivity index is 2.50. The summed E-state index contributed by atoms with van der Waals surface area (Å²) < 4.78 is 0. The highest BCUT2D eigenvalue weighted by Crippen LogP contribution is 2.37. The van der Waals surface area contributed by atoms with Gasteiger partial charge in [0.15, 0.2) is 0 Å². The second kappa shape index (κ2) is 3.44. The van der Waals surface area contributed by atoms with Crippen molar-refractivity contribution >= 4 is 17.3 Å². The molecule has 1 aliphatic heterocycles. The number of fused-ring (bicyclic) bond motifs is 1. The van der Waals surface area contributed by atoms with E-state index < -0.39 is 0 Å². The molecule has 76 valence electrons. The lowest BCUT2D eigenvalue weighted by Crippen LogP contribution is -2.37. The summed E-state index contributed by atoms with van der Waals surface area (Å²) in [6, 6.07) is 5.99. The van der Waals surface area contributed by atoms with Crippen molar-refractivity contribution < 1.29 is 0 Å². The van der Waals surface area contributed by atoms with Crippen LogP contribution in [0.3, 0.4) is 0 Å². The summed E-state index contributed by atoms with van der Waals surface area (Å²) in [5.74, 6) is 0. The van der Waals surface area contributed by atoms with Crippen LogP contribution in [-0.4, -0.2) is 13.1 Å². The molecule has 3 N–H and O–H groups in total. The molecule has 1 heterocycles. The first-order valence-corrected chi connectivity index (χ1v) is 5.27. The van der Waals surface area contributed by atoms with E-state index in [1.807, 2.05) is 12.1 Å². The molecular formula is C11H15ClN2. The van der Waals surface area contributed by atoms with Gasteiger partial charge in [0.25, 0.3) is 0 Å². The maximum absolute atomic E-state index is 5.94. The number of anilines is 1. The summed E-state index contributed by atoms with van der Waals surface area (Å²) >= 11 is 5.94. The molecule has 2 rings (SSSR count). The fraction of sp³-hybridized carbons (Fsp3) is 0.455. The summed E-state index contributed by atoms with van der Waals surface area (Å²) in [5, 5.41) is 4.13. The van der Waals surface area contributed by atoms with E-state index in [9.17, 15) is 0 Å². The Labute approximate surface area is 89.4 Å². The summed E-state index contributed by atoms with van der Waals surface area (Å²) in [4.78, 5) is 0. The van der Waals surface area contributed by atoms with Crippen LogP contribution < -0.4 is 11.1 Å². The normalized spacial score (nSPS) is 25.4. The Kier molecular flexibility index (Phi) is 2.41. The average Bonchev–Trinajstić information content (AvgIpc) is 2.18. The number of halogens is 1. The highest BCUT2D eigenvalue weighted by Gasteiger charge is 2.30. The topological polar surface area (TPSA) is 38.0 Å². The van der Waals surface area contributed by atoms with E-state index >= 15 is 0 Å². The van der Waals surface area contributed by atoms with Gasteiger partial charge in [-0.2, -0.15) is 0 Å². The first-order valence-electron chi connectivity index (χ1n) is 4.90. The second-order valence-corrected chi connectivity index (χ2v) is 4.57. The van der Waals surface area contributed by atoms with E-state index in [-0.39, 0.29) is 5.41 Å². The lowest BCUT2D eigenvalue weighted by Gasteiger charge is -2.35. The Morgan fingerprint density at radius 3 is 3.07 bits per heavy atom. The van der Waals surface area contributed by atoms with Crippen LogP contribution in [0.15, 0.2) is 18.2 Å². The van der Waals surface area contributed by atoms with Crippen molar-refractivity contribution in [2.75, 3.05) is 18.4 Å². The van der Waals surface area contributed by atoms with Crippen LogP contribution in [0.5, 0.6) is 0 Å². The molecule has 0 radical (unpaired) electrons. The van der Waals surface area contributed by atoms with Crippen molar-refractivity contribution in [1.82, 2.24) is 0 Å². The Morgan fingerprint density at radius 2 is 2.36 bits per heavy atom. The molecule has 2 nitrogen and oxygen atoms in total. The standard InChI is InChI=1S/C11H15ClN2/c1-11(7-13)4-5-14-10-6-8(12)2-3-9(10)11/h2-3,6,14H,4-5,7,13H2,1H3. The third kappa shape index (κ3) is 1.49. The number of hydrogen-bond acceptors (Lipinski definition) is 2. The van der Waals surface area contributed by atoms with Crippen molar-refractivity contribution in [3.63, 3.8) is 0 Å². The molecule has 0 spiro atoms. The summed E-state index contributed by atoms with van der Waals surface area (Å²) in [7, 11) is 0. The van der Waals surface area contributed by atoms with Gasteiger partial charge in [0, 0.05) is 29.2 Å². The van der Waals surface area contributed by atoms with Crippen LogP contribution in [0.25, 0.3) is 0 Å². The highest BCUT2D eigenvalue weighted by molar-refractivity contribution is 6.30. The van der Waals surface area contributed by atoms with Crippen molar-refractivity contribution in [3.8, 4) is 0 Å². The predicted molar refractivity (Wildman–Crippen MR) is 61.0 cm³/mol. The van der Waals surface area contributed by atoms with Crippen LogP contribution in [0, 0.1) is 0 Å². The molecule has 0 bridgehead atoms. The molecule has 1 aromatic carbocycles. The maximum Gasteiger partial charge on any atom is 0.0426 e. The van der Waals surface area contributed by atoms with Crippen molar-refractivity contribution in [2.24, 2.45) is 5.73 Å². The van der Waals surface area contributed by atoms with Gasteiger partial charge in [0.1, 0.15) is 0 Å². The van der Waals surface area contributed by atoms with E-state index in [4.69, 9.17) is 17.3 Å². The van der Waals surface area contributed by atoms with Crippen LogP contribution in [-0.2, 0) is 5.41 Å². The highest BCUT2D eigenvalue weighted by atomic mass is 35.5. The molecule has 3 heteroatoms. The quantitative estimate of drug-likeness (QED) is 0.747. The molecule has 1 atom stereocenters. The van der Waals surface area contributed by atoms with Crippen molar-refractivity contribution in [1.29, 1.82) is 0 Å². The van der Waals surface area contributed by atoms with Gasteiger partial charge < -0.3 is 11.1 Å². The zero-order valence-electron chi connectivity index (χ0n) is 8.31. The van der Waals surface area contributed by atoms with Crippen LogP contribution in [0.2, 0.25) is 5.02 Å². The molecule has 0 amide bonds. The van der Waals surface area contributed by atoms with Gasteiger partial charge in [-0.05, 0) is 24.1 Å². The number of nitrogens with one attached hydrogen (secondary N) is 1. The number of rotatable bonds is 1. The second-order valence-electron chi connectivity index (χ2n) is 4.13. The zero-order chi connectivity index (χ0) is 10.2. The molecule has 0 saturated carbocycles. The largest absolute Gasteiger partial charge is 0.385 e. The Bertz CT molecular complexity index is 351. The molecule has 1 aliphatic rings. The molecule has 1 aromatic rings.